The number of likely N-dealkylation sites (tertiary alicyclic amines) is 1. The fourth-order valence-electron chi connectivity index (χ4n) is 3.17. The van der Waals surface area contributed by atoms with Crippen LogP contribution >= 0.6 is 0 Å². The van der Waals surface area contributed by atoms with Gasteiger partial charge in [0.15, 0.2) is 0 Å². The first-order chi connectivity index (χ1) is 12.3. The molecule has 0 unspecified atom stereocenters. The van der Waals surface area contributed by atoms with E-state index in [2.05, 4.69) is 10.6 Å². The highest BCUT2D eigenvalue weighted by atomic mass is 19.4. The zero-order chi connectivity index (χ0) is 18.8. The summed E-state index contributed by atoms with van der Waals surface area (Å²) in [6, 6.07) is 4.09. The second-order valence-electron chi connectivity index (χ2n) is 6.55. The highest BCUT2D eigenvalue weighted by Gasteiger charge is 2.38. The van der Waals surface area contributed by atoms with Crippen LogP contribution in [0.4, 0.5) is 23.7 Å². The molecule has 0 radical (unpaired) electrons. The van der Waals surface area contributed by atoms with Gasteiger partial charge in [-0.3, -0.25) is 4.79 Å². The van der Waals surface area contributed by atoms with Crippen LogP contribution in [0.3, 0.4) is 0 Å². The molecule has 1 spiro atoms. The van der Waals surface area contributed by atoms with Crippen LogP contribution in [0.15, 0.2) is 24.3 Å². The first-order valence-corrected chi connectivity index (χ1v) is 8.41. The Balaban J connectivity index is 1.58. The van der Waals surface area contributed by atoms with Crippen molar-refractivity contribution in [3.8, 4) is 0 Å². The zero-order valence-electron chi connectivity index (χ0n) is 14.1. The van der Waals surface area contributed by atoms with E-state index in [1.807, 2.05) is 0 Å². The SMILES string of the molecule is O=C1CCOC2(CCN(C(=O)Nc3cccc(C(F)(F)F)c3)CC2)CN1. The van der Waals surface area contributed by atoms with Crippen molar-refractivity contribution in [1.29, 1.82) is 0 Å². The molecule has 3 amide bonds. The molecule has 1 aromatic rings. The minimum atomic E-state index is -4.46. The predicted octanol–water partition coefficient (Wildman–Crippen LogP) is 2.61. The molecule has 2 aliphatic rings. The summed E-state index contributed by atoms with van der Waals surface area (Å²) < 4.78 is 44.1. The summed E-state index contributed by atoms with van der Waals surface area (Å²) in [5.74, 6) is -0.0494. The molecule has 0 saturated carbocycles. The smallest absolute Gasteiger partial charge is 0.372 e. The second-order valence-corrected chi connectivity index (χ2v) is 6.55. The number of nitrogens with one attached hydrogen (secondary N) is 2. The number of ether oxygens (including phenoxy) is 1. The number of nitrogens with zero attached hydrogens (tertiary/aromatic N) is 1. The number of hydrogen-bond donors (Lipinski definition) is 2. The van der Waals surface area contributed by atoms with Gasteiger partial charge in [-0.25, -0.2) is 4.79 Å². The summed E-state index contributed by atoms with van der Waals surface area (Å²) in [6.45, 7) is 1.57. The predicted molar refractivity (Wildman–Crippen MR) is 87.6 cm³/mol. The number of anilines is 1. The Bertz CT molecular complexity index is 685. The minimum absolute atomic E-state index is 0.0494. The first kappa shape index (κ1) is 18.5. The van der Waals surface area contributed by atoms with Gasteiger partial charge in [-0.15, -0.1) is 0 Å². The van der Waals surface area contributed by atoms with Crippen LogP contribution in [0.25, 0.3) is 0 Å². The molecule has 2 fully saturated rings. The topological polar surface area (TPSA) is 70.7 Å². The van der Waals surface area contributed by atoms with E-state index in [1.165, 1.54) is 12.1 Å². The van der Waals surface area contributed by atoms with Crippen LogP contribution < -0.4 is 10.6 Å². The molecule has 2 heterocycles. The maximum atomic E-state index is 12.8. The molecule has 0 bridgehead atoms. The third kappa shape index (κ3) is 4.27. The van der Waals surface area contributed by atoms with Crippen molar-refractivity contribution in [2.45, 2.75) is 31.0 Å². The molecular weight excluding hydrogens is 351 g/mol. The molecule has 1 aromatic carbocycles. The Kier molecular flexibility index (Phi) is 5.08. The van der Waals surface area contributed by atoms with Crippen molar-refractivity contribution in [2.24, 2.45) is 0 Å². The molecule has 0 aliphatic carbocycles. The molecule has 6 nitrogen and oxygen atoms in total. The molecular formula is C17H20F3N3O3. The standard InChI is InChI=1S/C17H20F3N3O3/c18-17(19,20)12-2-1-3-13(10-12)22-15(25)23-7-5-16(6-8-23)11-21-14(24)4-9-26-16/h1-3,10H,4-9,11H2,(H,21,24)(H,22,25). The van der Waals surface area contributed by atoms with Crippen LogP contribution in [-0.2, 0) is 15.7 Å². The second kappa shape index (κ2) is 7.14. The number of carbonyl (C=O) groups excluding carboxylic acids is 2. The molecule has 2 N–H and O–H groups in total. The van der Waals surface area contributed by atoms with Crippen molar-refractivity contribution in [3.63, 3.8) is 0 Å². The summed E-state index contributed by atoms with van der Waals surface area (Å²) in [5, 5.41) is 5.33. The van der Waals surface area contributed by atoms with Crippen molar-refractivity contribution in [3.05, 3.63) is 29.8 Å². The number of rotatable bonds is 1. The molecule has 0 atom stereocenters. The Morgan fingerprint density at radius 2 is 2.00 bits per heavy atom. The minimum Gasteiger partial charge on any atom is -0.372 e. The number of benzene rings is 1. The fraction of sp³-hybridized carbons (Fsp3) is 0.529. The van der Waals surface area contributed by atoms with Gasteiger partial charge in [-0.1, -0.05) is 6.07 Å². The number of piperidine rings is 1. The molecule has 3 rings (SSSR count). The highest BCUT2D eigenvalue weighted by molar-refractivity contribution is 5.89. The Hall–Kier alpha value is -2.29. The van der Waals surface area contributed by atoms with E-state index >= 15 is 0 Å². The lowest BCUT2D eigenvalue weighted by Crippen LogP contribution is -2.53. The first-order valence-electron chi connectivity index (χ1n) is 8.41. The normalized spacial score (nSPS) is 20.4. The number of carbonyl (C=O) groups is 2. The Morgan fingerprint density at radius 3 is 2.69 bits per heavy atom. The summed E-state index contributed by atoms with van der Waals surface area (Å²) in [6.07, 6.45) is -3.02. The zero-order valence-corrected chi connectivity index (χ0v) is 14.1. The molecule has 2 aliphatic heterocycles. The van der Waals surface area contributed by atoms with Crippen molar-refractivity contribution in [1.82, 2.24) is 10.2 Å². The third-order valence-electron chi connectivity index (χ3n) is 4.75. The number of halogens is 3. The van der Waals surface area contributed by atoms with Crippen LogP contribution in [0.5, 0.6) is 0 Å². The van der Waals surface area contributed by atoms with Gasteiger partial charge in [0, 0.05) is 31.7 Å². The van der Waals surface area contributed by atoms with Gasteiger partial charge in [-0.2, -0.15) is 13.2 Å². The maximum absolute atomic E-state index is 12.8. The molecule has 142 valence electrons. The van der Waals surface area contributed by atoms with Crippen LogP contribution in [0.2, 0.25) is 0 Å². The van der Waals surface area contributed by atoms with Gasteiger partial charge in [-0.05, 0) is 31.0 Å². The average Bonchev–Trinajstić information content (AvgIpc) is 2.77. The van der Waals surface area contributed by atoms with E-state index in [9.17, 15) is 22.8 Å². The van der Waals surface area contributed by atoms with E-state index in [4.69, 9.17) is 4.74 Å². The van der Waals surface area contributed by atoms with Gasteiger partial charge in [0.25, 0.3) is 0 Å². The van der Waals surface area contributed by atoms with Gasteiger partial charge >= 0.3 is 12.2 Å². The lowest BCUT2D eigenvalue weighted by Gasteiger charge is -2.40. The summed E-state index contributed by atoms with van der Waals surface area (Å²) in [4.78, 5) is 25.3. The van der Waals surface area contributed by atoms with Gasteiger partial charge in [0.05, 0.1) is 17.8 Å². The summed E-state index contributed by atoms with van der Waals surface area (Å²) >= 11 is 0. The van der Waals surface area contributed by atoms with Crippen LogP contribution in [-0.4, -0.2) is 48.7 Å². The Labute approximate surface area is 148 Å². The summed E-state index contributed by atoms with van der Waals surface area (Å²) in [7, 11) is 0. The van der Waals surface area contributed by atoms with Crippen LogP contribution in [0, 0.1) is 0 Å². The lowest BCUT2D eigenvalue weighted by molar-refractivity contribution is -0.137. The summed E-state index contributed by atoms with van der Waals surface area (Å²) in [5.41, 5.74) is -1.18. The number of amides is 3. The largest absolute Gasteiger partial charge is 0.416 e. The molecule has 0 aromatic heterocycles. The highest BCUT2D eigenvalue weighted by Crippen LogP contribution is 2.31. The quantitative estimate of drug-likeness (QED) is 0.797. The monoisotopic (exact) mass is 371 g/mol. The van der Waals surface area contributed by atoms with Crippen molar-refractivity contribution < 1.29 is 27.5 Å². The number of hydrogen-bond acceptors (Lipinski definition) is 3. The molecule has 2 saturated heterocycles. The number of alkyl halides is 3. The van der Waals surface area contributed by atoms with Crippen molar-refractivity contribution >= 4 is 17.6 Å². The van der Waals surface area contributed by atoms with E-state index in [-0.39, 0.29) is 11.6 Å². The Morgan fingerprint density at radius 1 is 1.27 bits per heavy atom. The van der Waals surface area contributed by atoms with E-state index < -0.39 is 23.4 Å². The molecule has 9 heteroatoms. The third-order valence-corrected chi connectivity index (χ3v) is 4.75. The number of urea groups is 1. The van der Waals surface area contributed by atoms with Crippen molar-refractivity contribution in [2.75, 3.05) is 31.6 Å². The van der Waals surface area contributed by atoms with Gasteiger partial charge in [0.1, 0.15) is 0 Å². The van der Waals surface area contributed by atoms with Crippen LogP contribution in [0.1, 0.15) is 24.8 Å². The average molecular weight is 371 g/mol. The van der Waals surface area contributed by atoms with E-state index in [0.717, 1.165) is 12.1 Å². The van der Waals surface area contributed by atoms with E-state index in [1.54, 1.807) is 4.90 Å². The van der Waals surface area contributed by atoms with E-state index in [0.29, 0.717) is 45.5 Å². The van der Waals surface area contributed by atoms with Gasteiger partial charge in [0.2, 0.25) is 5.91 Å². The van der Waals surface area contributed by atoms with Gasteiger partial charge < -0.3 is 20.3 Å². The fourth-order valence-corrected chi connectivity index (χ4v) is 3.17. The maximum Gasteiger partial charge on any atom is 0.416 e. The molecule has 26 heavy (non-hydrogen) atoms. The lowest BCUT2D eigenvalue weighted by atomic mass is 9.91.